The predicted octanol–water partition coefficient (Wildman–Crippen LogP) is 21.4. The molecule has 0 heterocycles. The van der Waals surface area contributed by atoms with Crippen molar-refractivity contribution < 1.29 is 124 Å². The maximum atomic E-state index is 12.9. The Morgan fingerprint density at radius 2 is 0.508 bits per heavy atom. The molecule has 0 aliphatic heterocycles. The number of unbranched alkanes of at least 4 members (excludes halogenated alkanes) is 27. The number of benzene rings is 2. The number of ether oxygens (including phenoxy) is 14. The molecule has 3 rings (SSSR count). The van der Waals surface area contributed by atoms with Crippen LogP contribution in [0.4, 0.5) is 0 Å². The van der Waals surface area contributed by atoms with E-state index in [1.165, 1.54) is 56.9 Å². The fourth-order valence-electron chi connectivity index (χ4n) is 14.1. The molecule has 126 heavy (non-hydrogen) atoms. The van der Waals surface area contributed by atoms with Crippen molar-refractivity contribution in [1.82, 2.24) is 0 Å². The Kier molecular flexibility index (Phi) is 69.9. The highest BCUT2D eigenvalue weighted by molar-refractivity contribution is 5.91. The van der Waals surface area contributed by atoms with Gasteiger partial charge in [0.25, 0.3) is 0 Å². The van der Waals surface area contributed by atoms with Gasteiger partial charge in [-0.3, -0.25) is 52.7 Å². The summed E-state index contributed by atoms with van der Waals surface area (Å²) in [7, 11) is 0. The van der Waals surface area contributed by atoms with Gasteiger partial charge < -0.3 is 66.3 Å². The van der Waals surface area contributed by atoms with Crippen molar-refractivity contribution in [2.24, 2.45) is 5.92 Å². The summed E-state index contributed by atoms with van der Waals surface area (Å²) in [6.07, 6.45) is 39.8. The minimum Gasteiger partial charge on any atom is -0.494 e. The second-order valence-corrected chi connectivity index (χ2v) is 33.3. The van der Waals surface area contributed by atoms with E-state index in [1.807, 2.05) is 19.1 Å². The van der Waals surface area contributed by atoms with Crippen molar-refractivity contribution >= 4 is 71.6 Å². The fraction of sp³-hybridized carbons (Fsp3) is 0.740. The van der Waals surface area contributed by atoms with Crippen LogP contribution in [0.1, 0.15) is 395 Å². The summed E-state index contributed by atoms with van der Waals surface area (Å²) in [6.45, 7) is 13.1. The monoisotopic (exact) mass is 1780 g/mol. The summed E-state index contributed by atoms with van der Waals surface area (Å²) in [6, 6.07) is 15.0. The Labute approximate surface area is 752 Å². The van der Waals surface area contributed by atoms with Crippen LogP contribution in [0.5, 0.6) is 11.5 Å². The average molecular weight is 1780 g/mol. The van der Waals surface area contributed by atoms with E-state index in [2.05, 4.69) is 25.6 Å². The van der Waals surface area contributed by atoms with Crippen LogP contribution < -0.4 is 9.47 Å². The first kappa shape index (κ1) is 112. The Morgan fingerprint density at radius 1 is 0.270 bits per heavy atom. The van der Waals surface area contributed by atoms with E-state index in [0.29, 0.717) is 255 Å². The minimum absolute atomic E-state index is 0.195. The average Bonchev–Trinajstić information content (AvgIpc) is 0.842. The fourth-order valence-corrected chi connectivity index (χ4v) is 14.1. The van der Waals surface area contributed by atoms with Crippen LogP contribution in [0.15, 0.2) is 60.7 Å². The molecule has 26 nitrogen and oxygen atoms in total. The van der Waals surface area contributed by atoms with Crippen LogP contribution >= 0.6 is 0 Å². The lowest BCUT2D eigenvalue weighted by atomic mass is 9.77. The molecular formula is C100H158O26. The van der Waals surface area contributed by atoms with Gasteiger partial charge in [0.05, 0.1) is 91.5 Å². The van der Waals surface area contributed by atoms with Gasteiger partial charge in [-0.05, 0) is 318 Å². The molecule has 0 amide bonds. The van der Waals surface area contributed by atoms with E-state index in [4.69, 9.17) is 66.3 Å². The molecule has 2 aromatic carbocycles. The van der Waals surface area contributed by atoms with Crippen molar-refractivity contribution in [3.8, 4) is 11.5 Å². The number of carbonyl (C=O) groups excluding carboxylic acids is 12. The lowest BCUT2D eigenvalue weighted by molar-refractivity contribution is -0.146. The summed E-state index contributed by atoms with van der Waals surface area (Å²) >= 11 is 0. The molecule has 0 spiro atoms. The molecular weight excluding hydrogens is 1620 g/mol. The zero-order valence-electron chi connectivity index (χ0n) is 77.1. The molecule has 714 valence electrons. The van der Waals surface area contributed by atoms with E-state index < -0.39 is 5.97 Å². The Hall–Kier alpha value is -8.42. The maximum Gasteiger partial charge on any atom is 0.343 e. The number of hydrogen-bond acceptors (Lipinski definition) is 26. The van der Waals surface area contributed by atoms with Crippen molar-refractivity contribution in [2.45, 2.75) is 379 Å². The summed E-state index contributed by atoms with van der Waals surface area (Å²) in [5, 5.41) is 0. The van der Waals surface area contributed by atoms with Crippen molar-refractivity contribution in [3.05, 3.63) is 71.8 Å². The molecule has 0 aromatic heterocycles. The van der Waals surface area contributed by atoms with Gasteiger partial charge in [-0.2, -0.15) is 0 Å². The first-order valence-corrected chi connectivity index (χ1v) is 48.4. The van der Waals surface area contributed by atoms with Crippen molar-refractivity contribution in [3.63, 3.8) is 0 Å². The normalized spacial score (nSPS) is 12.9. The number of hydrogen-bond donors (Lipinski definition) is 0. The third-order valence-corrected chi connectivity index (χ3v) is 21.7. The van der Waals surface area contributed by atoms with Gasteiger partial charge in [-0.1, -0.05) is 63.3 Å². The van der Waals surface area contributed by atoms with Gasteiger partial charge >= 0.3 is 71.6 Å². The Bertz CT molecular complexity index is 3230. The molecule has 0 N–H and O–H groups in total. The molecule has 2 aromatic rings. The van der Waals surface area contributed by atoms with E-state index in [9.17, 15) is 57.5 Å². The summed E-state index contributed by atoms with van der Waals surface area (Å²) in [5.74, 6) is -0.612. The lowest BCUT2D eigenvalue weighted by Gasteiger charge is -2.29. The van der Waals surface area contributed by atoms with Crippen LogP contribution in [0.25, 0.3) is 0 Å². The van der Waals surface area contributed by atoms with Gasteiger partial charge in [0.2, 0.25) is 0 Å². The van der Waals surface area contributed by atoms with E-state index >= 15 is 0 Å². The van der Waals surface area contributed by atoms with E-state index in [-0.39, 0.29) is 157 Å². The Balaban J connectivity index is 0.950. The van der Waals surface area contributed by atoms with Crippen LogP contribution in [0, 0.1) is 5.92 Å². The van der Waals surface area contributed by atoms with Crippen LogP contribution in [-0.4, -0.2) is 164 Å². The third-order valence-electron chi connectivity index (χ3n) is 21.7. The number of carbonyl (C=O) groups is 12. The highest BCUT2D eigenvalue weighted by Crippen LogP contribution is 2.38. The number of rotatable bonds is 83. The van der Waals surface area contributed by atoms with Crippen molar-refractivity contribution in [1.29, 1.82) is 0 Å². The van der Waals surface area contributed by atoms with Gasteiger partial charge in [0.1, 0.15) is 11.5 Å². The molecule has 1 aliphatic carbocycles. The second kappa shape index (κ2) is 78.8. The molecule has 1 saturated carbocycles. The highest BCUT2D eigenvalue weighted by Gasteiger charge is 2.23. The van der Waals surface area contributed by atoms with Crippen LogP contribution in [0.3, 0.4) is 0 Å². The summed E-state index contributed by atoms with van der Waals surface area (Å²) < 4.78 is 75.6. The summed E-state index contributed by atoms with van der Waals surface area (Å²) in [5.41, 5.74) is 2.79. The zero-order chi connectivity index (χ0) is 91.0. The molecule has 26 heteroatoms. The standard InChI is InChI=1S/C100H158O26/c1-4-5-19-44-83-56-58-84(59-57-83)85-60-66-88(67-61-85)126-100(112)86-62-64-87(65-63-86)114-69-32-6-7-33-70-115-90(102)46-21-9-35-72-117-92(104)48-23-11-37-74-119-94(106)50-25-13-39-76-121-96(108)52-27-15-41-78-123-98(110)54-29-17-43-80-125-99(111)55-30-18-42-79-124-97(109)53-28-16-40-77-122-95(107)51-26-14-38-75-120-93(105)49-24-12-36-73-118-91(103)47-22-10-34-71-116-89(101)45-20-8-31-68-113-81-82(2)3/h60-67,83-84H,2,4-59,68-81H2,1,3H3. The van der Waals surface area contributed by atoms with Gasteiger partial charge in [0.15, 0.2) is 0 Å². The molecule has 0 saturated heterocycles. The van der Waals surface area contributed by atoms with Crippen LogP contribution in [-0.2, 0) is 110 Å². The Morgan fingerprint density at radius 3 is 0.762 bits per heavy atom. The molecule has 0 bridgehead atoms. The molecule has 0 unspecified atom stereocenters. The summed E-state index contributed by atoms with van der Waals surface area (Å²) in [4.78, 5) is 146. The second-order valence-electron chi connectivity index (χ2n) is 33.3. The van der Waals surface area contributed by atoms with Crippen molar-refractivity contribution in [2.75, 3.05) is 92.5 Å². The quantitative estimate of drug-likeness (QED) is 0.0195. The smallest absolute Gasteiger partial charge is 0.343 e. The van der Waals surface area contributed by atoms with E-state index in [0.717, 1.165) is 88.5 Å². The molecule has 1 aliphatic rings. The first-order chi connectivity index (χ1) is 61.4. The molecule has 1 fully saturated rings. The minimum atomic E-state index is -0.398. The molecule has 0 atom stereocenters. The first-order valence-electron chi connectivity index (χ1n) is 48.4. The van der Waals surface area contributed by atoms with E-state index in [1.54, 1.807) is 24.3 Å². The van der Waals surface area contributed by atoms with Gasteiger partial charge in [-0.25, -0.2) is 4.79 Å². The van der Waals surface area contributed by atoms with Gasteiger partial charge in [-0.15, -0.1) is 0 Å². The lowest BCUT2D eigenvalue weighted by Crippen LogP contribution is -2.13. The topological polar surface area (TPSA) is 334 Å². The molecule has 0 radical (unpaired) electrons. The highest BCUT2D eigenvalue weighted by atomic mass is 16.6. The van der Waals surface area contributed by atoms with Crippen LogP contribution in [0.2, 0.25) is 0 Å². The maximum absolute atomic E-state index is 12.9. The number of esters is 12. The van der Waals surface area contributed by atoms with Gasteiger partial charge in [0, 0.05) is 77.2 Å². The SMILES string of the molecule is C=C(C)COCCCCCC(=O)OCCCCCC(=O)OCCCCCC(=O)OCCCCCC(=O)OCCCCCC(=O)OCCCCCC(=O)OCCCCCC(=O)OCCCCCC(=O)OCCCCCC(=O)OCCCCCC(=O)OCCCCCC(=O)OCCCCCCOc1ccc(C(=O)Oc2ccc(C3CCC(CCCCC)CC3)cc2)cc1. The largest absolute Gasteiger partial charge is 0.494 e. The predicted molar refractivity (Wildman–Crippen MR) is 480 cm³/mol. The third kappa shape index (κ3) is 67.8. The zero-order valence-corrected chi connectivity index (χ0v) is 77.1.